The van der Waals surface area contributed by atoms with E-state index in [1.807, 2.05) is 19.2 Å². The summed E-state index contributed by atoms with van der Waals surface area (Å²) in [5.74, 6) is 0.590. The molecule has 3 nitrogen and oxygen atoms in total. The number of anilines is 1. The summed E-state index contributed by atoms with van der Waals surface area (Å²) < 4.78 is 0. The molecule has 16 heavy (non-hydrogen) atoms. The van der Waals surface area contributed by atoms with Gasteiger partial charge in [-0.05, 0) is 41.9 Å². The first-order chi connectivity index (χ1) is 7.74. The highest BCUT2D eigenvalue weighted by molar-refractivity contribution is 7.08. The van der Waals surface area contributed by atoms with E-state index in [2.05, 4.69) is 28.0 Å². The van der Waals surface area contributed by atoms with Crippen LogP contribution in [0.1, 0.15) is 22.7 Å². The lowest BCUT2D eigenvalue weighted by Gasteiger charge is -2.18. The van der Waals surface area contributed by atoms with E-state index in [0.29, 0.717) is 5.82 Å². The maximum absolute atomic E-state index is 5.91. The Hall–Kier alpha value is -1.39. The highest BCUT2D eigenvalue weighted by atomic mass is 32.1. The second kappa shape index (κ2) is 4.63. The lowest BCUT2D eigenvalue weighted by atomic mass is 9.99. The van der Waals surface area contributed by atoms with E-state index in [-0.39, 0.29) is 6.04 Å². The van der Waals surface area contributed by atoms with E-state index in [4.69, 9.17) is 5.73 Å². The molecule has 0 aromatic carbocycles. The van der Waals surface area contributed by atoms with Crippen molar-refractivity contribution < 1.29 is 0 Å². The molecule has 3 N–H and O–H groups in total. The van der Waals surface area contributed by atoms with Gasteiger partial charge in [0, 0.05) is 11.8 Å². The monoisotopic (exact) mass is 233 g/mol. The second-order valence-corrected chi connectivity index (χ2v) is 4.45. The van der Waals surface area contributed by atoms with E-state index in [1.165, 1.54) is 11.1 Å². The molecule has 0 spiro atoms. The fourth-order valence-corrected chi connectivity index (χ4v) is 2.70. The molecule has 0 radical (unpaired) electrons. The lowest BCUT2D eigenvalue weighted by Crippen LogP contribution is -2.19. The average molecular weight is 233 g/mol. The number of aromatic nitrogens is 1. The Bertz CT molecular complexity index is 479. The maximum Gasteiger partial charge on any atom is 0.128 e. The van der Waals surface area contributed by atoms with Gasteiger partial charge in [0.1, 0.15) is 5.82 Å². The summed E-state index contributed by atoms with van der Waals surface area (Å²) in [5, 5.41) is 7.59. The van der Waals surface area contributed by atoms with Crippen LogP contribution in [0.25, 0.3) is 0 Å². The zero-order valence-corrected chi connectivity index (χ0v) is 10.2. The van der Waals surface area contributed by atoms with Gasteiger partial charge in [0.25, 0.3) is 0 Å². The number of nitrogens with two attached hydrogens (primary N) is 1. The van der Waals surface area contributed by atoms with Crippen LogP contribution < -0.4 is 11.1 Å². The smallest absolute Gasteiger partial charge is 0.128 e. The molecule has 1 unspecified atom stereocenters. The Kier molecular flexibility index (Phi) is 3.22. The molecule has 2 heterocycles. The van der Waals surface area contributed by atoms with Crippen LogP contribution in [-0.2, 0) is 0 Å². The van der Waals surface area contributed by atoms with Crippen molar-refractivity contribution in [3.05, 3.63) is 45.8 Å². The molecule has 2 aromatic heterocycles. The Balaban J connectivity index is 2.45. The Labute approximate surface area is 99.3 Å². The summed E-state index contributed by atoms with van der Waals surface area (Å²) >= 11 is 1.71. The molecule has 1 atom stereocenters. The Morgan fingerprint density at radius 3 is 2.75 bits per heavy atom. The summed E-state index contributed by atoms with van der Waals surface area (Å²) in [5.41, 5.74) is 9.49. The van der Waals surface area contributed by atoms with Crippen molar-refractivity contribution in [2.45, 2.75) is 13.0 Å². The number of thiophene rings is 1. The first kappa shape index (κ1) is 11.1. The van der Waals surface area contributed by atoms with Gasteiger partial charge >= 0.3 is 0 Å². The third-order valence-electron chi connectivity index (χ3n) is 2.68. The molecule has 2 rings (SSSR count). The van der Waals surface area contributed by atoms with E-state index in [0.717, 1.165) is 5.56 Å². The van der Waals surface area contributed by atoms with Crippen LogP contribution >= 0.6 is 11.3 Å². The summed E-state index contributed by atoms with van der Waals surface area (Å²) in [7, 11) is 1.94. The van der Waals surface area contributed by atoms with Crippen LogP contribution in [0.2, 0.25) is 0 Å². The van der Waals surface area contributed by atoms with Gasteiger partial charge < -0.3 is 11.1 Å². The zero-order valence-electron chi connectivity index (χ0n) is 9.40. The van der Waals surface area contributed by atoms with Crippen LogP contribution in [0, 0.1) is 6.92 Å². The minimum Gasteiger partial charge on any atom is -0.383 e. The highest BCUT2D eigenvalue weighted by Gasteiger charge is 2.17. The van der Waals surface area contributed by atoms with Gasteiger partial charge in [0.05, 0.1) is 6.04 Å². The minimum absolute atomic E-state index is 0.125. The third-order valence-corrected chi connectivity index (χ3v) is 3.56. The molecule has 0 saturated carbocycles. The Morgan fingerprint density at radius 1 is 1.38 bits per heavy atom. The summed E-state index contributed by atoms with van der Waals surface area (Å²) in [6, 6.07) is 4.05. The van der Waals surface area contributed by atoms with Crippen LogP contribution in [0.15, 0.2) is 29.1 Å². The van der Waals surface area contributed by atoms with Gasteiger partial charge in [-0.1, -0.05) is 6.07 Å². The Morgan fingerprint density at radius 2 is 2.19 bits per heavy atom. The topological polar surface area (TPSA) is 50.9 Å². The van der Waals surface area contributed by atoms with Gasteiger partial charge in [0.2, 0.25) is 0 Å². The van der Waals surface area contributed by atoms with Gasteiger partial charge in [-0.25, -0.2) is 4.98 Å². The number of nitrogens with zero attached hydrogens (tertiary/aromatic N) is 1. The standard InChI is InChI=1S/C12H15N3S/c1-8-6-16-7-10(8)11(14-2)9-4-3-5-15-12(9)13/h3-7,11,14H,1-2H3,(H2,13,15). The molecule has 0 aliphatic rings. The first-order valence-corrected chi connectivity index (χ1v) is 6.08. The lowest BCUT2D eigenvalue weighted by molar-refractivity contribution is 0.690. The molecule has 0 aliphatic carbocycles. The molecule has 2 aromatic rings. The van der Waals surface area contributed by atoms with Gasteiger partial charge in [-0.15, -0.1) is 0 Å². The number of rotatable bonds is 3. The molecular formula is C12H15N3S. The fraction of sp³-hybridized carbons (Fsp3) is 0.250. The molecule has 84 valence electrons. The summed E-state index contributed by atoms with van der Waals surface area (Å²) in [4.78, 5) is 4.13. The predicted octanol–water partition coefficient (Wildman–Crippen LogP) is 2.34. The van der Waals surface area contributed by atoms with Crippen molar-refractivity contribution in [3.8, 4) is 0 Å². The zero-order chi connectivity index (χ0) is 11.5. The van der Waals surface area contributed by atoms with Crippen LogP contribution in [0.4, 0.5) is 5.82 Å². The van der Waals surface area contributed by atoms with Crippen LogP contribution in [0.3, 0.4) is 0 Å². The molecule has 0 saturated heterocycles. The average Bonchev–Trinajstić information content (AvgIpc) is 2.69. The second-order valence-electron chi connectivity index (χ2n) is 3.71. The molecule has 0 fully saturated rings. The largest absolute Gasteiger partial charge is 0.383 e. The number of nitrogen functional groups attached to an aromatic ring is 1. The summed E-state index contributed by atoms with van der Waals surface area (Å²) in [6.07, 6.45) is 1.71. The van der Waals surface area contributed by atoms with Gasteiger partial charge in [-0.3, -0.25) is 0 Å². The van der Waals surface area contributed by atoms with Crippen molar-refractivity contribution in [2.75, 3.05) is 12.8 Å². The molecule has 0 bridgehead atoms. The normalized spacial score (nSPS) is 12.6. The van der Waals surface area contributed by atoms with Crippen LogP contribution in [0.5, 0.6) is 0 Å². The van der Waals surface area contributed by atoms with E-state index in [1.54, 1.807) is 17.5 Å². The minimum atomic E-state index is 0.125. The van der Waals surface area contributed by atoms with Crippen molar-refractivity contribution in [1.82, 2.24) is 10.3 Å². The van der Waals surface area contributed by atoms with Gasteiger partial charge in [-0.2, -0.15) is 11.3 Å². The maximum atomic E-state index is 5.91. The number of pyridine rings is 1. The van der Waals surface area contributed by atoms with E-state index < -0.39 is 0 Å². The number of nitrogens with one attached hydrogen (secondary N) is 1. The van der Waals surface area contributed by atoms with Crippen molar-refractivity contribution >= 4 is 17.2 Å². The van der Waals surface area contributed by atoms with E-state index in [9.17, 15) is 0 Å². The number of hydrogen-bond acceptors (Lipinski definition) is 4. The van der Waals surface area contributed by atoms with Gasteiger partial charge in [0.15, 0.2) is 0 Å². The SMILES string of the molecule is CNC(c1cscc1C)c1cccnc1N. The first-order valence-electron chi connectivity index (χ1n) is 5.14. The molecule has 0 amide bonds. The molecular weight excluding hydrogens is 218 g/mol. The molecule has 4 heteroatoms. The third kappa shape index (κ3) is 1.94. The number of aryl methyl sites for hydroxylation is 1. The van der Waals surface area contributed by atoms with E-state index >= 15 is 0 Å². The fourth-order valence-electron chi connectivity index (χ4n) is 1.82. The molecule has 0 aliphatic heterocycles. The van der Waals surface area contributed by atoms with Crippen molar-refractivity contribution in [1.29, 1.82) is 0 Å². The van der Waals surface area contributed by atoms with Crippen molar-refractivity contribution in [2.24, 2.45) is 0 Å². The predicted molar refractivity (Wildman–Crippen MR) is 68.6 cm³/mol. The highest BCUT2D eigenvalue weighted by Crippen LogP contribution is 2.29. The van der Waals surface area contributed by atoms with Crippen molar-refractivity contribution in [3.63, 3.8) is 0 Å². The summed E-state index contributed by atoms with van der Waals surface area (Å²) in [6.45, 7) is 2.11. The number of hydrogen-bond donors (Lipinski definition) is 2. The quantitative estimate of drug-likeness (QED) is 0.855. The van der Waals surface area contributed by atoms with Crippen LogP contribution in [-0.4, -0.2) is 12.0 Å².